The highest BCUT2D eigenvalue weighted by atomic mass is 16.2. The van der Waals surface area contributed by atoms with E-state index in [0.717, 1.165) is 24.2 Å². The number of carbonyl (C=O) groups excluding carboxylic acids is 1. The van der Waals surface area contributed by atoms with Crippen molar-refractivity contribution in [3.8, 4) is 0 Å². The van der Waals surface area contributed by atoms with Crippen LogP contribution in [0.2, 0.25) is 0 Å². The van der Waals surface area contributed by atoms with Crippen LogP contribution in [-0.2, 0) is 0 Å². The van der Waals surface area contributed by atoms with Gasteiger partial charge in [0.05, 0.1) is 5.56 Å². The molecule has 0 aliphatic rings. The quantitative estimate of drug-likeness (QED) is 0.606. The Morgan fingerprint density at radius 1 is 1.16 bits per heavy atom. The first-order chi connectivity index (χ1) is 9.06. The van der Waals surface area contributed by atoms with Crippen LogP contribution < -0.4 is 10.3 Å². The summed E-state index contributed by atoms with van der Waals surface area (Å²) >= 11 is 0. The first kappa shape index (κ1) is 15.5. The first-order valence-corrected chi connectivity index (χ1v) is 6.84. The molecule has 0 fully saturated rings. The summed E-state index contributed by atoms with van der Waals surface area (Å²) in [5.74, 6) is -0.0667. The van der Waals surface area contributed by atoms with Crippen molar-refractivity contribution in [2.75, 3.05) is 32.6 Å². The third-order valence-corrected chi connectivity index (χ3v) is 2.98. The van der Waals surface area contributed by atoms with Crippen LogP contribution in [0.4, 0.5) is 5.69 Å². The lowest BCUT2D eigenvalue weighted by atomic mass is 10.1. The number of nitrogens with one attached hydrogen (secondary N) is 1. The van der Waals surface area contributed by atoms with Gasteiger partial charge in [0.15, 0.2) is 0 Å². The highest BCUT2D eigenvalue weighted by molar-refractivity contribution is 5.99. The standard InChI is InChI=1S/C15H25N3O/c1-5-6-9-12-18(4)14-11-8-7-10-13(14)15(19)16-17(2)3/h7-8,10-11H,5-6,9,12H2,1-4H3,(H,16,19). The van der Waals surface area contributed by atoms with Gasteiger partial charge in [0.1, 0.15) is 0 Å². The zero-order valence-corrected chi connectivity index (χ0v) is 12.4. The van der Waals surface area contributed by atoms with Gasteiger partial charge in [-0.1, -0.05) is 31.9 Å². The van der Waals surface area contributed by atoms with E-state index >= 15 is 0 Å². The maximum absolute atomic E-state index is 12.1. The molecule has 1 amide bonds. The summed E-state index contributed by atoms with van der Waals surface area (Å²) in [4.78, 5) is 14.3. The van der Waals surface area contributed by atoms with Gasteiger partial charge < -0.3 is 4.90 Å². The molecule has 0 heterocycles. The second-order valence-corrected chi connectivity index (χ2v) is 4.98. The van der Waals surface area contributed by atoms with Gasteiger partial charge in [0.25, 0.3) is 5.91 Å². The number of hydrogen-bond acceptors (Lipinski definition) is 3. The van der Waals surface area contributed by atoms with Crippen LogP contribution in [0.3, 0.4) is 0 Å². The van der Waals surface area contributed by atoms with Crippen molar-refractivity contribution < 1.29 is 4.79 Å². The Bertz CT molecular complexity index is 404. The maximum atomic E-state index is 12.1. The van der Waals surface area contributed by atoms with E-state index in [0.29, 0.717) is 0 Å². The van der Waals surface area contributed by atoms with E-state index in [1.54, 1.807) is 5.01 Å². The molecule has 0 saturated carbocycles. The number of hydrazine groups is 1. The molecule has 0 radical (unpaired) electrons. The number of rotatable bonds is 7. The lowest BCUT2D eigenvalue weighted by Gasteiger charge is -2.22. The number of nitrogens with zero attached hydrogens (tertiary/aromatic N) is 2. The van der Waals surface area contributed by atoms with Crippen LogP contribution in [0, 0.1) is 0 Å². The van der Waals surface area contributed by atoms with Crippen molar-refractivity contribution >= 4 is 11.6 Å². The second-order valence-electron chi connectivity index (χ2n) is 4.98. The molecule has 0 bridgehead atoms. The zero-order chi connectivity index (χ0) is 14.3. The van der Waals surface area contributed by atoms with E-state index in [1.165, 1.54) is 12.8 Å². The molecular weight excluding hydrogens is 238 g/mol. The van der Waals surface area contributed by atoms with Gasteiger partial charge in [-0.15, -0.1) is 0 Å². The highest BCUT2D eigenvalue weighted by Crippen LogP contribution is 2.19. The Kier molecular flexibility index (Phi) is 6.36. The minimum Gasteiger partial charge on any atom is -0.374 e. The number of benzene rings is 1. The van der Waals surface area contributed by atoms with E-state index in [1.807, 2.05) is 45.4 Å². The normalized spacial score (nSPS) is 10.6. The minimum absolute atomic E-state index is 0.0667. The summed E-state index contributed by atoms with van der Waals surface area (Å²) in [6, 6.07) is 7.73. The van der Waals surface area contributed by atoms with E-state index < -0.39 is 0 Å². The second kappa shape index (κ2) is 7.79. The molecule has 0 saturated heterocycles. The van der Waals surface area contributed by atoms with Crippen LogP contribution in [0.5, 0.6) is 0 Å². The van der Waals surface area contributed by atoms with Gasteiger partial charge in [-0.2, -0.15) is 0 Å². The van der Waals surface area contributed by atoms with Crippen LogP contribution in [0.25, 0.3) is 0 Å². The van der Waals surface area contributed by atoms with Crippen molar-refractivity contribution in [2.24, 2.45) is 0 Å². The summed E-state index contributed by atoms with van der Waals surface area (Å²) in [5, 5.41) is 1.66. The molecule has 4 nitrogen and oxygen atoms in total. The van der Waals surface area contributed by atoms with Gasteiger partial charge in [-0.05, 0) is 18.6 Å². The smallest absolute Gasteiger partial charge is 0.267 e. The zero-order valence-electron chi connectivity index (χ0n) is 12.4. The Morgan fingerprint density at radius 3 is 2.47 bits per heavy atom. The fourth-order valence-corrected chi connectivity index (χ4v) is 1.98. The van der Waals surface area contributed by atoms with Gasteiger partial charge >= 0.3 is 0 Å². The predicted octanol–water partition coefficient (Wildman–Crippen LogP) is 2.52. The molecule has 0 aliphatic carbocycles. The third-order valence-electron chi connectivity index (χ3n) is 2.98. The molecule has 0 aliphatic heterocycles. The molecule has 1 N–H and O–H groups in total. The van der Waals surface area contributed by atoms with Crippen molar-refractivity contribution in [3.05, 3.63) is 29.8 Å². The molecule has 1 aromatic rings. The number of unbranched alkanes of at least 4 members (excludes halogenated alkanes) is 2. The summed E-state index contributed by atoms with van der Waals surface area (Å²) in [7, 11) is 5.66. The predicted molar refractivity (Wildman–Crippen MR) is 80.4 cm³/mol. The molecule has 0 spiro atoms. The average Bonchev–Trinajstić information content (AvgIpc) is 2.38. The van der Waals surface area contributed by atoms with Crippen molar-refractivity contribution in [2.45, 2.75) is 26.2 Å². The molecule has 1 rings (SSSR count). The van der Waals surface area contributed by atoms with E-state index in [9.17, 15) is 4.79 Å². The molecular formula is C15H25N3O. The lowest BCUT2D eigenvalue weighted by Crippen LogP contribution is -2.37. The fourth-order valence-electron chi connectivity index (χ4n) is 1.98. The van der Waals surface area contributed by atoms with E-state index in [-0.39, 0.29) is 5.91 Å². The van der Waals surface area contributed by atoms with Crippen LogP contribution in [-0.4, -0.2) is 38.6 Å². The van der Waals surface area contributed by atoms with Crippen LogP contribution in [0.15, 0.2) is 24.3 Å². The number of anilines is 1. The first-order valence-electron chi connectivity index (χ1n) is 6.84. The summed E-state index contributed by atoms with van der Waals surface area (Å²) in [6.45, 7) is 3.17. The molecule has 106 valence electrons. The molecule has 0 unspecified atom stereocenters. The third kappa shape index (κ3) is 4.91. The Labute approximate surface area is 116 Å². The largest absolute Gasteiger partial charge is 0.374 e. The van der Waals surface area contributed by atoms with E-state index in [4.69, 9.17) is 0 Å². The molecule has 19 heavy (non-hydrogen) atoms. The number of para-hydroxylation sites is 1. The van der Waals surface area contributed by atoms with Gasteiger partial charge in [0.2, 0.25) is 0 Å². The van der Waals surface area contributed by atoms with Crippen molar-refractivity contribution in [1.29, 1.82) is 0 Å². The van der Waals surface area contributed by atoms with Crippen LogP contribution in [0.1, 0.15) is 36.5 Å². The monoisotopic (exact) mass is 263 g/mol. The maximum Gasteiger partial charge on any atom is 0.267 e. The average molecular weight is 263 g/mol. The SMILES string of the molecule is CCCCCN(C)c1ccccc1C(=O)NN(C)C. The van der Waals surface area contributed by atoms with Crippen molar-refractivity contribution in [3.63, 3.8) is 0 Å². The highest BCUT2D eigenvalue weighted by Gasteiger charge is 2.13. The lowest BCUT2D eigenvalue weighted by molar-refractivity contribution is 0.0857. The fraction of sp³-hybridized carbons (Fsp3) is 0.533. The van der Waals surface area contributed by atoms with Gasteiger partial charge in [0, 0.05) is 33.4 Å². The molecule has 4 heteroatoms. The molecule has 0 atom stereocenters. The van der Waals surface area contributed by atoms with Crippen LogP contribution >= 0.6 is 0 Å². The Hall–Kier alpha value is -1.55. The summed E-state index contributed by atoms with van der Waals surface area (Å²) in [6.07, 6.45) is 3.57. The van der Waals surface area contributed by atoms with E-state index in [2.05, 4.69) is 17.2 Å². The van der Waals surface area contributed by atoms with Gasteiger partial charge in [-0.25, -0.2) is 5.01 Å². The number of amides is 1. The van der Waals surface area contributed by atoms with Crippen molar-refractivity contribution in [1.82, 2.24) is 10.4 Å². The number of hydrogen-bond donors (Lipinski definition) is 1. The summed E-state index contributed by atoms with van der Waals surface area (Å²) in [5.41, 5.74) is 4.49. The van der Waals surface area contributed by atoms with Gasteiger partial charge in [-0.3, -0.25) is 10.2 Å². The topological polar surface area (TPSA) is 35.6 Å². The summed E-state index contributed by atoms with van der Waals surface area (Å²) < 4.78 is 0. The molecule has 1 aromatic carbocycles. The minimum atomic E-state index is -0.0667. The number of carbonyl (C=O) groups is 1. The Morgan fingerprint density at radius 2 is 1.84 bits per heavy atom. The molecule has 0 aromatic heterocycles. The Balaban J connectivity index is 2.80.